The first-order chi connectivity index (χ1) is 12.1. The van der Waals surface area contributed by atoms with Crippen LogP contribution in [0.1, 0.15) is 17.3 Å². The van der Waals surface area contributed by atoms with Gasteiger partial charge in [0.25, 0.3) is 5.91 Å². The zero-order valence-electron chi connectivity index (χ0n) is 13.5. The predicted molar refractivity (Wildman–Crippen MR) is 93.9 cm³/mol. The molecular weight excluding hydrogens is 342 g/mol. The first-order valence-electron chi connectivity index (χ1n) is 7.64. The normalized spacial score (nSPS) is 10.5. The van der Waals surface area contributed by atoms with E-state index in [-0.39, 0.29) is 12.5 Å². The SMILES string of the molecule is Cc1nnc(Cc2ccc(NC(=O)COc3ccc(Cl)cc3)cc2)o1. The Labute approximate surface area is 149 Å². The van der Waals surface area contributed by atoms with Crippen LogP contribution in [-0.2, 0) is 11.2 Å². The monoisotopic (exact) mass is 357 g/mol. The second kappa shape index (κ2) is 7.81. The Hall–Kier alpha value is -2.86. The second-order valence-electron chi connectivity index (χ2n) is 5.38. The van der Waals surface area contributed by atoms with Gasteiger partial charge in [-0.25, -0.2) is 0 Å². The molecule has 0 atom stereocenters. The lowest BCUT2D eigenvalue weighted by atomic mass is 10.1. The topological polar surface area (TPSA) is 77.2 Å². The summed E-state index contributed by atoms with van der Waals surface area (Å²) in [4.78, 5) is 11.9. The molecule has 1 aromatic heterocycles. The first kappa shape index (κ1) is 17.0. The molecule has 0 spiro atoms. The van der Waals surface area contributed by atoms with Crippen molar-refractivity contribution in [3.63, 3.8) is 0 Å². The van der Waals surface area contributed by atoms with Gasteiger partial charge in [-0.2, -0.15) is 0 Å². The number of hydrogen-bond donors (Lipinski definition) is 1. The summed E-state index contributed by atoms with van der Waals surface area (Å²) < 4.78 is 10.7. The zero-order chi connectivity index (χ0) is 17.6. The molecule has 1 N–H and O–H groups in total. The van der Waals surface area contributed by atoms with Crippen molar-refractivity contribution in [2.45, 2.75) is 13.3 Å². The summed E-state index contributed by atoms with van der Waals surface area (Å²) in [5, 5.41) is 11.1. The quantitative estimate of drug-likeness (QED) is 0.728. The van der Waals surface area contributed by atoms with Crippen molar-refractivity contribution >= 4 is 23.2 Å². The molecule has 0 aliphatic heterocycles. The van der Waals surface area contributed by atoms with E-state index in [9.17, 15) is 4.79 Å². The van der Waals surface area contributed by atoms with Crippen LogP contribution in [0, 0.1) is 6.92 Å². The second-order valence-corrected chi connectivity index (χ2v) is 5.82. The van der Waals surface area contributed by atoms with Crippen molar-refractivity contribution in [2.75, 3.05) is 11.9 Å². The molecule has 2 aromatic carbocycles. The number of carbonyl (C=O) groups is 1. The molecule has 7 heteroatoms. The zero-order valence-corrected chi connectivity index (χ0v) is 14.3. The van der Waals surface area contributed by atoms with Gasteiger partial charge in [0.2, 0.25) is 11.8 Å². The standard InChI is InChI=1S/C18H16ClN3O3/c1-12-21-22-18(25-12)10-13-2-6-15(7-3-13)20-17(23)11-24-16-8-4-14(19)5-9-16/h2-9H,10-11H2,1H3,(H,20,23). The fourth-order valence-corrected chi connectivity index (χ4v) is 2.29. The summed E-state index contributed by atoms with van der Waals surface area (Å²) in [6.07, 6.45) is 0.550. The lowest BCUT2D eigenvalue weighted by Gasteiger charge is -2.08. The Morgan fingerprint density at radius 1 is 1.12 bits per heavy atom. The lowest BCUT2D eigenvalue weighted by Crippen LogP contribution is -2.20. The molecule has 0 aliphatic rings. The molecule has 1 amide bonds. The molecule has 3 aromatic rings. The van der Waals surface area contributed by atoms with Crippen molar-refractivity contribution in [3.05, 3.63) is 70.9 Å². The molecule has 0 radical (unpaired) electrons. The van der Waals surface area contributed by atoms with Crippen LogP contribution in [0.25, 0.3) is 0 Å². The van der Waals surface area contributed by atoms with E-state index >= 15 is 0 Å². The van der Waals surface area contributed by atoms with E-state index in [0.717, 1.165) is 5.56 Å². The number of ether oxygens (including phenoxy) is 1. The number of nitrogens with zero attached hydrogens (tertiary/aromatic N) is 2. The summed E-state index contributed by atoms with van der Waals surface area (Å²) in [6.45, 7) is 1.67. The highest BCUT2D eigenvalue weighted by molar-refractivity contribution is 6.30. The summed E-state index contributed by atoms with van der Waals surface area (Å²) >= 11 is 5.80. The molecular formula is C18H16ClN3O3. The van der Waals surface area contributed by atoms with Gasteiger partial charge in [0, 0.05) is 17.6 Å². The van der Waals surface area contributed by atoms with Crippen LogP contribution in [0.3, 0.4) is 0 Å². The molecule has 6 nitrogen and oxygen atoms in total. The van der Waals surface area contributed by atoms with Gasteiger partial charge in [-0.1, -0.05) is 23.7 Å². The largest absolute Gasteiger partial charge is 0.484 e. The highest BCUT2D eigenvalue weighted by Gasteiger charge is 2.06. The van der Waals surface area contributed by atoms with Crippen LogP contribution < -0.4 is 10.1 Å². The smallest absolute Gasteiger partial charge is 0.262 e. The van der Waals surface area contributed by atoms with Gasteiger partial charge >= 0.3 is 0 Å². The molecule has 0 unspecified atom stereocenters. The third kappa shape index (κ3) is 5.06. The number of rotatable bonds is 6. The van der Waals surface area contributed by atoms with Crippen molar-refractivity contribution in [1.82, 2.24) is 10.2 Å². The molecule has 0 fully saturated rings. The summed E-state index contributed by atoms with van der Waals surface area (Å²) in [7, 11) is 0. The number of aromatic nitrogens is 2. The van der Waals surface area contributed by atoms with Gasteiger partial charge in [-0.3, -0.25) is 4.79 Å². The molecule has 0 bridgehead atoms. The van der Waals surface area contributed by atoms with Gasteiger partial charge in [0.1, 0.15) is 5.75 Å². The number of anilines is 1. The summed E-state index contributed by atoms with van der Waals surface area (Å²) in [6, 6.07) is 14.3. The molecule has 0 saturated heterocycles. The Balaban J connectivity index is 1.50. The van der Waals surface area contributed by atoms with Crippen molar-refractivity contribution < 1.29 is 13.9 Å². The lowest BCUT2D eigenvalue weighted by molar-refractivity contribution is -0.118. The third-order valence-corrected chi connectivity index (χ3v) is 3.60. The molecule has 0 aliphatic carbocycles. The Morgan fingerprint density at radius 2 is 1.84 bits per heavy atom. The van der Waals surface area contributed by atoms with Crippen molar-refractivity contribution in [3.8, 4) is 5.75 Å². The van der Waals surface area contributed by atoms with Gasteiger partial charge in [0.15, 0.2) is 6.61 Å². The summed E-state index contributed by atoms with van der Waals surface area (Å²) in [5.74, 6) is 1.45. The highest BCUT2D eigenvalue weighted by Crippen LogP contribution is 2.16. The predicted octanol–water partition coefficient (Wildman–Crippen LogP) is 3.64. The number of aryl methyl sites for hydroxylation is 1. The van der Waals surface area contributed by atoms with Crippen LogP contribution in [0.4, 0.5) is 5.69 Å². The minimum absolute atomic E-state index is 0.0787. The number of amides is 1. The van der Waals surface area contributed by atoms with Crippen LogP contribution in [0.2, 0.25) is 5.02 Å². The maximum atomic E-state index is 11.9. The number of hydrogen-bond acceptors (Lipinski definition) is 5. The number of nitrogens with one attached hydrogen (secondary N) is 1. The van der Waals surface area contributed by atoms with E-state index in [4.69, 9.17) is 20.8 Å². The Bertz CT molecular complexity index is 845. The van der Waals surface area contributed by atoms with Crippen LogP contribution >= 0.6 is 11.6 Å². The van der Waals surface area contributed by atoms with Crippen LogP contribution in [0.5, 0.6) is 5.75 Å². The maximum Gasteiger partial charge on any atom is 0.262 e. The molecule has 128 valence electrons. The average Bonchev–Trinajstić information content (AvgIpc) is 3.01. The number of carbonyl (C=O) groups excluding carboxylic acids is 1. The number of benzene rings is 2. The highest BCUT2D eigenvalue weighted by atomic mass is 35.5. The van der Waals surface area contributed by atoms with Crippen LogP contribution in [0.15, 0.2) is 52.9 Å². The van der Waals surface area contributed by atoms with Gasteiger partial charge in [-0.15, -0.1) is 10.2 Å². The maximum absolute atomic E-state index is 11.9. The average molecular weight is 358 g/mol. The first-order valence-corrected chi connectivity index (χ1v) is 8.02. The van der Waals surface area contributed by atoms with Crippen molar-refractivity contribution in [1.29, 1.82) is 0 Å². The Morgan fingerprint density at radius 3 is 2.48 bits per heavy atom. The van der Waals surface area contributed by atoms with E-state index < -0.39 is 0 Å². The molecule has 0 saturated carbocycles. The number of halogens is 1. The van der Waals surface area contributed by atoms with E-state index in [2.05, 4.69) is 15.5 Å². The fourth-order valence-electron chi connectivity index (χ4n) is 2.17. The molecule has 25 heavy (non-hydrogen) atoms. The van der Waals surface area contributed by atoms with E-state index in [1.807, 2.05) is 24.3 Å². The van der Waals surface area contributed by atoms with E-state index in [1.54, 1.807) is 31.2 Å². The van der Waals surface area contributed by atoms with Crippen LogP contribution in [-0.4, -0.2) is 22.7 Å². The third-order valence-electron chi connectivity index (χ3n) is 3.34. The van der Waals surface area contributed by atoms with E-state index in [1.165, 1.54) is 0 Å². The molecule has 1 heterocycles. The summed E-state index contributed by atoms with van der Waals surface area (Å²) in [5.41, 5.74) is 1.70. The molecule has 3 rings (SSSR count). The Kier molecular flexibility index (Phi) is 5.30. The van der Waals surface area contributed by atoms with Gasteiger partial charge in [0.05, 0.1) is 6.42 Å². The minimum atomic E-state index is -0.241. The fraction of sp³-hybridized carbons (Fsp3) is 0.167. The van der Waals surface area contributed by atoms with Crippen molar-refractivity contribution in [2.24, 2.45) is 0 Å². The van der Waals surface area contributed by atoms with E-state index in [0.29, 0.717) is 34.7 Å². The minimum Gasteiger partial charge on any atom is -0.484 e. The van der Waals surface area contributed by atoms with Gasteiger partial charge in [-0.05, 0) is 42.0 Å². The van der Waals surface area contributed by atoms with Gasteiger partial charge < -0.3 is 14.5 Å².